The van der Waals surface area contributed by atoms with Crippen molar-refractivity contribution in [2.75, 3.05) is 0 Å². The molecule has 0 bridgehead atoms. The Labute approximate surface area is 77.1 Å². The SMILES string of the molecule is CC(C)CC1=CC(C)CCC1C. The van der Waals surface area contributed by atoms with Crippen LogP contribution < -0.4 is 0 Å². The van der Waals surface area contributed by atoms with Gasteiger partial charge in [-0.2, -0.15) is 0 Å². The van der Waals surface area contributed by atoms with Crippen LogP contribution in [0.15, 0.2) is 11.6 Å². The summed E-state index contributed by atoms with van der Waals surface area (Å²) in [6.07, 6.45) is 6.61. The van der Waals surface area contributed by atoms with Crippen LogP contribution in [0, 0.1) is 17.8 Å². The van der Waals surface area contributed by atoms with Crippen LogP contribution >= 0.6 is 0 Å². The third-order valence-electron chi connectivity index (χ3n) is 2.83. The molecule has 0 heteroatoms. The highest BCUT2D eigenvalue weighted by Gasteiger charge is 2.17. The van der Waals surface area contributed by atoms with E-state index in [1.54, 1.807) is 5.57 Å². The molecule has 0 N–H and O–H groups in total. The smallest absolute Gasteiger partial charge is 0.0231 e. The van der Waals surface area contributed by atoms with Crippen LogP contribution in [0.2, 0.25) is 0 Å². The molecule has 0 spiro atoms. The van der Waals surface area contributed by atoms with Gasteiger partial charge in [0, 0.05) is 0 Å². The van der Waals surface area contributed by atoms with Crippen LogP contribution in [0.4, 0.5) is 0 Å². The van der Waals surface area contributed by atoms with E-state index in [9.17, 15) is 0 Å². The van der Waals surface area contributed by atoms with Crippen LogP contribution in [-0.4, -0.2) is 0 Å². The largest absolute Gasteiger partial charge is 0.0822 e. The first kappa shape index (κ1) is 9.83. The first-order chi connectivity index (χ1) is 5.59. The molecule has 1 aliphatic carbocycles. The Morgan fingerprint density at radius 2 is 2.00 bits per heavy atom. The molecular weight excluding hydrogens is 144 g/mol. The van der Waals surface area contributed by atoms with Crippen LogP contribution in [0.3, 0.4) is 0 Å². The normalized spacial score (nSPS) is 30.6. The van der Waals surface area contributed by atoms with Crippen molar-refractivity contribution in [1.82, 2.24) is 0 Å². The Morgan fingerprint density at radius 1 is 1.33 bits per heavy atom. The highest BCUT2D eigenvalue weighted by Crippen LogP contribution is 2.31. The predicted molar refractivity (Wildman–Crippen MR) is 55.1 cm³/mol. The Bertz CT molecular complexity index is 165. The molecule has 0 aromatic heterocycles. The van der Waals surface area contributed by atoms with Gasteiger partial charge in [-0.05, 0) is 37.0 Å². The average Bonchev–Trinajstić information content (AvgIpc) is 1.96. The van der Waals surface area contributed by atoms with E-state index in [0.29, 0.717) is 0 Å². The summed E-state index contributed by atoms with van der Waals surface area (Å²) in [6, 6.07) is 0. The molecular formula is C12H22. The highest BCUT2D eigenvalue weighted by molar-refractivity contribution is 5.11. The van der Waals surface area contributed by atoms with E-state index in [4.69, 9.17) is 0 Å². The summed E-state index contributed by atoms with van der Waals surface area (Å²) >= 11 is 0. The third kappa shape index (κ3) is 2.66. The molecule has 0 nitrogen and oxygen atoms in total. The van der Waals surface area contributed by atoms with Crippen molar-refractivity contribution in [1.29, 1.82) is 0 Å². The zero-order chi connectivity index (χ0) is 9.14. The molecule has 0 saturated carbocycles. The minimum Gasteiger partial charge on any atom is -0.0822 e. The summed E-state index contributed by atoms with van der Waals surface area (Å²) in [6.45, 7) is 9.34. The maximum Gasteiger partial charge on any atom is -0.0231 e. The van der Waals surface area contributed by atoms with Gasteiger partial charge in [0.15, 0.2) is 0 Å². The Kier molecular flexibility index (Phi) is 3.37. The molecule has 2 atom stereocenters. The molecule has 0 heterocycles. The van der Waals surface area contributed by atoms with Crippen molar-refractivity contribution in [2.24, 2.45) is 17.8 Å². The van der Waals surface area contributed by atoms with Crippen molar-refractivity contribution in [3.05, 3.63) is 11.6 Å². The molecule has 0 aromatic rings. The lowest BCUT2D eigenvalue weighted by Gasteiger charge is -2.25. The van der Waals surface area contributed by atoms with Gasteiger partial charge in [-0.15, -0.1) is 0 Å². The van der Waals surface area contributed by atoms with E-state index < -0.39 is 0 Å². The van der Waals surface area contributed by atoms with Gasteiger partial charge in [0.1, 0.15) is 0 Å². The zero-order valence-electron chi connectivity index (χ0n) is 8.93. The van der Waals surface area contributed by atoms with Crippen molar-refractivity contribution in [2.45, 2.75) is 47.0 Å². The van der Waals surface area contributed by atoms with Gasteiger partial charge in [0.05, 0.1) is 0 Å². The van der Waals surface area contributed by atoms with Gasteiger partial charge in [0.25, 0.3) is 0 Å². The number of allylic oxidation sites excluding steroid dienone is 2. The Morgan fingerprint density at radius 3 is 2.58 bits per heavy atom. The molecule has 1 aliphatic rings. The summed E-state index contributed by atoms with van der Waals surface area (Å²) in [5.41, 5.74) is 1.71. The fourth-order valence-corrected chi connectivity index (χ4v) is 2.05. The van der Waals surface area contributed by atoms with Gasteiger partial charge in [-0.1, -0.05) is 39.3 Å². The fourth-order valence-electron chi connectivity index (χ4n) is 2.05. The lowest BCUT2D eigenvalue weighted by Crippen LogP contribution is -2.11. The molecule has 0 radical (unpaired) electrons. The molecule has 0 saturated heterocycles. The number of hydrogen-bond acceptors (Lipinski definition) is 0. The summed E-state index contributed by atoms with van der Waals surface area (Å²) in [7, 11) is 0. The van der Waals surface area contributed by atoms with Crippen LogP contribution in [0.1, 0.15) is 47.0 Å². The van der Waals surface area contributed by atoms with Gasteiger partial charge >= 0.3 is 0 Å². The standard InChI is InChI=1S/C12H22/c1-9(2)7-12-8-10(3)5-6-11(12)4/h8-11H,5-7H2,1-4H3. The van der Waals surface area contributed by atoms with Crippen LogP contribution in [-0.2, 0) is 0 Å². The van der Waals surface area contributed by atoms with Crippen molar-refractivity contribution in [3.8, 4) is 0 Å². The average molecular weight is 166 g/mol. The maximum absolute atomic E-state index is 2.51. The van der Waals surface area contributed by atoms with Gasteiger partial charge in [-0.3, -0.25) is 0 Å². The van der Waals surface area contributed by atoms with Crippen LogP contribution in [0.25, 0.3) is 0 Å². The second-order valence-electron chi connectivity index (χ2n) is 4.80. The Hall–Kier alpha value is -0.260. The monoisotopic (exact) mass is 166 g/mol. The minimum absolute atomic E-state index is 0.823. The van der Waals surface area contributed by atoms with E-state index >= 15 is 0 Å². The predicted octanol–water partition coefficient (Wildman–Crippen LogP) is 4.02. The van der Waals surface area contributed by atoms with E-state index in [1.165, 1.54) is 19.3 Å². The zero-order valence-corrected chi connectivity index (χ0v) is 8.93. The van der Waals surface area contributed by atoms with E-state index in [2.05, 4.69) is 33.8 Å². The summed E-state index contributed by atoms with van der Waals surface area (Å²) in [5, 5.41) is 0. The molecule has 1 rings (SSSR count). The molecule has 0 aliphatic heterocycles. The second-order valence-corrected chi connectivity index (χ2v) is 4.80. The molecule has 0 aromatic carbocycles. The van der Waals surface area contributed by atoms with Crippen LogP contribution in [0.5, 0.6) is 0 Å². The lowest BCUT2D eigenvalue weighted by atomic mass is 9.81. The highest BCUT2D eigenvalue weighted by atomic mass is 14.2. The summed E-state index contributed by atoms with van der Waals surface area (Å²) in [4.78, 5) is 0. The van der Waals surface area contributed by atoms with Crippen molar-refractivity contribution < 1.29 is 0 Å². The second kappa shape index (κ2) is 4.11. The fraction of sp³-hybridized carbons (Fsp3) is 0.833. The number of hydrogen-bond donors (Lipinski definition) is 0. The summed E-state index contributed by atoms with van der Waals surface area (Å²) in [5.74, 6) is 2.50. The van der Waals surface area contributed by atoms with E-state index in [-0.39, 0.29) is 0 Å². The van der Waals surface area contributed by atoms with Gasteiger partial charge in [0.2, 0.25) is 0 Å². The molecule has 70 valence electrons. The Balaban J connectivity index is 2.58. The van der Waals surface area contributed by atoms with Crippen molar-refractivity contribution in [3.63, 3.8) is 0 Å². The minimum atomic E-state index is 0.823. The number of rotatable bonds is 2. The molecule has 0 amide bonds. The van der Waals surface area contributed by atoms with E-state index in [0.717, 1.165) is 17.8 Å². The molecule has 2 unspecified atom stereocenters. The quantitative estimate of drug-likeness (QED) is 0.543. The molecule has 0 fully saturated rings. The van der Waals surface area contributed by atoms with Gasteiger partial charge < -0.3 is 0 Å². The summed E-state index contributed by atoms with van der Waals surface area (Å²) < 4.78 is 0. The first-order valence-corrected chi connectivity index (χ1v) is 5.30. The topological polar surface area (TPSA) is 0 Å². The van der Waals surface area contributed by atoms with Crippen molar-refractivity contribution >= 4 is 0 Å². The van der Waals surface area contributed by atoms with Gasteiger partial charge in [-0.25, -0.2) is 0 Å². The third-order valence-corrected chi connectivity index (χ3v) is 2.83. The van der Waals surface area contributed by atoms with E-state index in [1.807, 2.05) is 0 Å². The maximum atomic E-state index is 2.51. The lowest BCUT2D eigenvalue weighted by molar-refractivity contribution is 0.447. The first-order valence-electron chi connectivity index (χ1n) is 5.30. The molecule has 12 heavy (non-hydrogen) atoms.